The van der Waals surface area contributed by atoms with Crippen LogP contribution in [0.4, 0.5) is 0 Å². The van der Waals surface area contributed by atoms with Gasteiger partial charge < -0.3 is 15.2 Å². The molecule has 1 aliphatic rings. The molecule has 1 aromatic carbocycles. The normalized spacial score (nSPS) is 16.7. The van der Waals surface area contributed by atoms with Crippen LogP contribution >= 0.6 is 0 Å². The van der Waals surface area contributed by atoms with E-state index in [0.717, 1.165) is 30.4 Å². The van der Waals surface area contributed by atoms with E-state index in [4.69, 9.17) is 0 Å². The number of aromatic nitrogens is 2. The van der Waals surface area contributed by atoms with Gasteiger partial charge in [-0.3, -0.25) is 4.99 Å². The average Bonchev–Trinajstić information content (AvgIpc) is 2.90. The standard InChI is InChI=1S/C18H27N5/c1-14-21-16-10-6-7-11-17(16)23(14)13-12-20-18(19-2)22-15-8-4-3-5-9-15/h6-7,10-11,15H,3-5,8-9,12-13H2,1-2H3,(H2,19,20,22). The first-order chi connectivity index (χ1) is 11.3. The van der Waals surface area contributed by atoms with E-state index in [9.17, 15) is 0 Å². The number of fused-ring (bicyclic) bond motifs is 1. The van der Waals surface area contributed by atoms with Crippen LogP contribution in [0.15, 0.2) is 29.3 Å². The van der Waals surface area contributed by atoms with E-state index in [1.165, 1.54) is 37.6 Å². The Labute approximate surface area is 138 Å². The van der Waals surface area contributed by atoms with Crippen LogP contribution in [0.25, 0.3) is 11.0 Å². The van der Waals surface area contributed by atoms with Crippen molar-refractivity contribution in [3.8, 4) is 0 Å². The molecule has 1 heterocycles. The topological polar surface area (TPSA) is 54.2 Å². The molecule has 2 aromatic rings. The maximum absolute atomic E-state index is 4.61. The van der Waals surface area contributed by atoms with Crippen molar-refractivity contribution in [3.05, 3.63) is 30.1 Å². The lowest BCUT2D eigenvalue weighted by atomic mass is 9.96. The van der Waals surface area contributed by atoms with E-state index in [0.29, 0.717) is 6.04 Å². The summed E-state index contributed by atoms with van der Waals surface area (Å²) >= 11 is 0. The number of aliphatic imine (C=N–C) groups is 1. The van der Waals surface area contributed by atoms with Crippen molar-refractivity contribution in [2.75, 3.05) is 13.6 Å². The summed E-state index contributed by atoms with van der Waals surface area (Å²) in [5.41, 5.74) is 2.26. The third kappa shape index (κ3) is 3.84. The van der Waals surface area contributed by atoms with Crippen LogP contribution in [0.1, 0.15) is 37.9 Å². The third-order valence-corrected chi connectivity index (χ3v) is 4.64. The SMILES string of the molecule is CN=C(NCCn1c(C)nc2ccccc21)NC1CCCCC1. The molecule has 0 bridgehead atoms. The van der Waals surface area contributed by atoms with Crippen LogP contribution in [0.2, 0.25) is 0 Å². The van der Waals surface area contributed by atoms with Gasteiger partial charge in [-0.1, -0.05) is 31.4 Å². The Balaban J connectivity index is 1.56. The summed E-state index contributed by atoms with van der Waals surface area (Å²) in [5, 5.41) is 6.99. The van der Waals surface area contributed by atoms with Crippen molar-refractivity contribution in [2.24, 2.45) is 4.99 Å². The predicted octanol–water partition coefficient (Wildman–Crippen LogP) is 2.84. The number of benzene rings is 1. The molecule has 0 aliphatic heterocycles. The number of hydrogen-bond acceptors (Lipinski definition) is 2. The summed E-state index contributed by atoms with van der Waals surface area (Å²) in [6.45, 7) is 3.79. The van der Waals surface area contributed by atoms with Crippen molar-refractivity contribution in [1.82, 2.24) is 20.2 Å². The Morgan fingerprint density at radius 3 is 2.83 bits per heavy atom. The molecule has 5 nitrogen and oxygen atoms in total. The Bertz CT molecular complexity index is 667. The van der Waals surface area contributed by atoms with Gasteiger partial charge in [0.15, 0.2) is 5.96 Å². The Morgan fingerprint density at radius 1 is 1.26 bits per heavy atom. The maximum atomic E-state index is 4.61. The van der Waals surface area contributed by atoms with Gasteiger partial charge in [-0.2, -0.15) is 0 Å². The zero-order chi connectivity index (χ0) is 16.1. The summed E-state index contributed by atoms with van der Waals surface area (Å²) in [5.74, 6) is 1.97. The van der Waals surface area contributed by atoms with Crippen LogP contribution in [0.3, 0.4) is 0 Å². The average molecular weight is 313 g/mol. The number of guanidine groups is 1. The van der Waals surface area contributed by atoms with Gasteiger partial charge >= 0.3 is 0 Å². The number of para-hydroxylation sites is 2. The highest BCUT2D eigenvalue weighted by Gasteiger charge is 2.14. The molecule has 0 atom stereocenters. The highest BCUT2D eigenvalue weighted by Crippen LogP contribution is 2.17. The molecule has 0 unspecified atom stereocenters. The monoisotopic (exact) mass is 313 g/mol. The number of nitrogens with one attached hydrogen (secondary N) is 2. The van der Waals surface area contributed by atoms with Crippen molar-refractivity contribution < 1.29 is 0 Å². The van der Waals surface area contributed by atoms with Gasteiger partial charge in [0.1, 0.15) is 5.82 Å². The second-order valence-electron chi connectivity index (χ2n) is 6.28. The van der Waals surface area contributed by atoms with Crippen LogP contribution in [-0.2, 0) is 6.54 Å². The molecule has 2 N–H and O–H groups in total. The summed E-state index contributed by atoms with van der Waals surface area (Å²) < 4.78 is 2.26. The molecule has 23 heavy (non-hydrogen) atoms. The lowest BCUT2D eigenvalue weighted by Crippen LogP contribution is -2.45. The van der Waals surface area contributed by atoms with Gasteiger partial charge in [0.05, 0.1) is 11.0 Å². The maximum Gasteiger partial charge on any atom is 0.191 e. The minimum absolute atomic E-state index is 0.575. The van der Waals surface area contributed by atoms with Gasteiger partial charge in [-0.25, -0.2) is 4.98 Å². The van der Waals surface area contributed by atoms with Crippen molar-refractivity contribution in [2.45, 2.75) is 51.6 Å². The molecule has 0 spiro atoms. The Kier molecular flexibility index (Phi) is 5.16. The van der Waals surface area contributed by atoms with Crippen LogP contribution in [0, 0.1) is 6.92 Å². The van der Waals surface area contributed by atoms with Crippen molar-refractivity contribution >= 4 is 17.0 Å². The van der Waals surface area contributed by atoms with Crippen molar-refractivity contribution in [1.29, 1.82) is 0 Å². The molecule has 0 radical (unpaired) electrons. The summed E-state index contributed by atoms with van der Waals surface area (Å²) in [4.78, 5) is 8.97. The third-order valence-electron chi connectivity index (χ3n) is 4.64. The fourth-order valence-corrected chi connectivity index (χ4v) is 3.40. The first-order valence-electron chi connectivity index (χ1n) is 8.67. The predicted molar refractivity (Wildman–Crippen MR) is 95.8 cm³/mol. The van der Waals surface area contributed by atoms with E-state index < -0.39 is 0 Å². The fourth-order valence-electron chi connectivity index (χ4n) is 3.40. The highest BCUT2D eigenvalue weighted by molar-refractivity contribution is 5.80. The van der Waals surface area contributed by atoms with Gasteiger partial charge in [-0.15, -0.1) is 0 Å². The molecule has 1 fully saturated rings. The minimum atomic E-state index is 0.575. The molecule has 5 heteroatoms. The minimum Gasteiger partial charge on any atom is -0.355 e. The highest BCUT2D eigenvalue weighted by atomic mass is 15.2. The van der Waals surface area contributed by atoms with Crippen LogP contribution in [-0.4, -0.2) is 35.1 Å². The second kappa shape index (κ2) is 7.49. The quantitative estimate of drug-likeness (QED) is 0.674. The smallest absolute Gasteiger partial charge is 0.191 e. The summed E-state index contributed by atoms with van der Waals surface area (Å²) in [7, 11) is 1.84. The molecule has 0 amide bonds. The van der Waals surface area contributed by atoms with Crippen LogP contribution in [0.5, 0.6) is 0 Å². The Morgan fingerprint density at radius 2 is 2.04 bits per heavy atom. The molecule has 3 rings (SSSR count). The number of hydrogen-bond donors (Lipinski definition) is 2. The van der Waals surface area contributed by atoms with Crippen LogP contribution < -0.4 is 10.6 Å². The molecular weight excluding hydrogens is 286 g/mol. The fraction of sp³-hybridized carbons (Fsp3) is 0.556. The molecular formula is C18H27N5. The molecule has 1 saturated carbocycles. The summed E-state index contributed by atoms with van der Waals surface area (Å²) in [6, 6.07) is 8.87. The lowest BCUT2D eigenvalue weighted by Gasteiger charge is -2.25. The van der Waals surface area contributed by atoms with E-state index in [1.807, 2.05) is 13.1 Å². The second-order valence-corrected chi connectivity index (χ2v) is 6.28. The van der Waals surface area contributed by atoms with Gasteiger partial charge in [-0.05, 0) is 31.9 Å². The van der Waals surface area contributed by atoms with Gasteiger partial charge in [0, 0.05) is 26.2 Å². The zero-order valence-corrected chi connectivity index (χ0v) is 14.2. The van der Waals surface area contributed by atoms with E-state index in [2.05, 4.69) is 50.3 Å². The first kappa shape index (κ1) is 15.8. The van der Waals surface area contributed by atoms with Gasteiger partial charge in [0.2, 0.25) is 0 Å². The first-order valence-corrected chi connectivity index (χ1v) is 8.67. The molecule has 0 saturated heterocycles. The van der Waals surface area contributed by atoms with E-state index in [1.54, 1.807) is 0 Å². The number of aryl methyl sites for hydroxylation is 1. The van der Waals surface area contributed by atoms with E-state index in [-0.39, 0.29) is 0 Å². The number of nitrogens with zero attached hydrogens (tertiary/aromatic N) is 3. The lowest BCUT2D eigenvalue weighted by molar-refractivity contribution is 0.410. The Hall–Kier alpha value is -2.04. The molecule has 1 aromatic heterocycles. The molecule has 1 aliphatic carbocycles. The van der Waals surface area contributed by atoms with Crippen molar-refractivity contribution in [3.63, 3.8) is 0 Å². The van der Waals surface area contributed by atoms with Gasteiger partial charge in [0.25, 0.3) is 0 Å². The summed E-state index contributed by atoms with van der Waals surface area (Å²) in [6.07, 6.45) is 6.54. The zero-order valence-electron chi connectivity index (χ0n) is 14.2. The van der Waals surface area contributed by atoms with E-state index >= 15 is 0 Å². The number of rotatable bonds is 4. The molecule has 124 valence electrons. The largest absolute Gasteiger partial charge is 0.355 e. The number of imidazole rings is 1.